The van der Waals surface area contributed by atoms with Crippen molar-refractivity contribution in [1.82, 2.24) is 10.2 Å². The first-order valence-corrected chi connectivity index (χ1v) is 10.8. The number of nitrogens with zero attached hydrogens (tertiary/aromatic N) is 2. The first kappa shape index (κ1) is 18.2. The summed E-state index contributed by atoms with van der Waals surface area (Å²) in [6.45, 7) is 7.14. The Morgan fingerprint density at radius 2 is 1.96 bits per heavy atom. The molecule has 2 heterocycles. The zero-order valence-corrected chi connectivity index (χ0v) is 16.0. The smallest absolute Gasteiger partial charge is 0.251 e. The Morgan fingerprint density at radius 1 is 1.28 bits per heavy atom. The lowest BCUT2D eigenvalue weighted by Gasteiger charge is -2.31. The van der Waals surface area contributed by atoms with Crippen molar-refractivity contribution >= 4 is 21.6 Å². The van der Waals surface area contributed by atoms with Gasteiger partial charge in [0.05, 0.1) is 11.9 Å². The molecular formula is C18H27N3O3S. The summed E-state index contributed by atoms with van der Waals surface area (Å²) in [6, 6.07) is 5.43. The third-order valence-electron chi connectivity index (χ3n) is 5.22. The molecule has 2 aliphatic heterocycles. The van der Waals surface area contributed by atoms with Gasteiger partial charge in [0, 0.05) is 30.7 Å². The average molecular weight is 365 g/mol. The van der Waals surface area contributed by atoms with E-state index in [2.05, 4.69) is 17.1 Å². The van der Waals surface area contributed by atoms with Crippen molar-refractivity contribution in [3.63, 3.8) is 0 Å². The third-order valence-corrected chi connectivity index (χ3v) is 6.49. The summed E-state index contributed by atoms with van der Waals surface area (Å²) < 4.78 is 25.4. The highest BCUT2D eigenvalue weighted by atomic mass is 32.2. The van der Waals surface area contributed by atoms with Gasteiger partial charge < -0.3 is 10.2 Å². The number of likely N-dealkylation sites (tertiary alicyclic amines) is 1. The molecule has 0 spiro atoms. The van der Waals surface area contributed by atoms with E-state index < -0.39 is 10.0 Å². The molecule has 0 aliphatic carbocycles. The molecule has 6 nitrogen and oxygen atoms in total. The van der Waals surface area contributed by atoms with Crippen LogP contribution in [-0.4, -0.2) is 57.2 Å². The predicted molar refractivity (Wildman–Crippen MR) is 99.5 cm³/mol. The Bertz CT molecular complexity index is 755. The van der Waals surface area contributed by atoms with Crippen molar-refractivity contribution in [2.24, 2.45) is 0 Å². The molecule has 1 unspecified atom stereocenters. The summed E-state index contributed by atoms with van der Waals surface area (Å²) in [5, 5.41) is 3.13. The van der Waals surface area contributed by atoms with Gasteiger partial charge in [-0.25, -0.2) is 8.42 Å². The van der Waals surface area contributed by atoms with Crippen molar-refractivity contribution in [2.75, 3.05) is 30.2 Å². The SMILES string of the molecule is CCN1CCC(NC(=O)c2ccc3c(c2)CC(C)N3S(C)(=O)=O)CC1. The highest BCUT2D eigenvalue weighted by Crippen LogP contribution is 2.34. The third kappa shape index (κ3) is 3.82. The number of carbonyl (C=O) groups is 1. The summed E-state index contributed by atoms with van der Waals surface area (Å²) in [5.41, 5.74) is 2.23. The Hall–Kier alpha value is -1.60. The van der Waals surface area contributed by atoms with E-state index in [1.807, 2.05) is 13.0 Å². The molecule has 0 aromatic heterocycles. The monoisotopic (exact) mass is 365 g/mol. The molecular weight excluding hydrogens is 338 g/mol. The van der Waals surface area contributed by atoms with Gasteiger partial charge in [-0.1, -0.05) is 6.92 Å². The summed E-state index contributed by atoms with van der Waals surface area (Å²) in [6.07, 6.45) is 3.81. The fourth-order valence-electron chi connectivity index (χ4n) is 3.91. The van der Waals surface area contributed by atoms with Crippen LogP contribution in [0, 0.1) is 0 Å². The fourth-order valence-corrected chi connectivity index (χ4v) is 5.18. The second kappa shape index (κ2) is 6.96. The van der Waals surface area contributed by atoms with Crippen LogP contribution in [0.2, 0.25) is 0 Å². The molecule has 1 fully saturated rings. The Balaban J connectivity index is 1.71. The van der Waals surface area contributed by atoms with Crippen molar-refractivity contribution in [3.05, 3.63) is 29.3 Å². The zero-order valence-electron chi connectivity index (χ0n) is 15.2. The number of hydrogen-bond acceptors (Lipinski definition) is 4. The van der Waals surface area contributed by atoms with Gasteiger partial charge in [0.15, 0.2) is 0 Å². The highest BCUT2D eigenvalue weighted by Gasteiger charge is 2.33. The molecule has 1 amide bonds. The molecule has 1 atom stereocenters. The maximum Gasteiger partial charge on any atom is 0.251 e. The Labute approximate surface area is 150 Å². The largest absolute Gasteiger partial charge is 0.349 e. The number of nitrogens with one attached hydrogen (secondary N) is 1. The lowest BCUT2D eigenvalue weighted by Crippen LogP contribution is -2.44. The van der Waals surface area contributed by atoms with Crippen LogP contribution >= 0.6 is 0 Å². The van der Waals surface area contributed by atoms with Gasteiger partial charge in [-0.15, -0.1) is 0 Å². The van der Waals surface area contributed by atoms with Crippen LogP contribution in [0.3, 0.4) is 0 Å². The predicted octanol–water partition coefficient (Wildman–Crippen LogP) is 1.61. The van der Waals surface area contributed by atoms with Crippen LogP contribution in [-0.2, 0) is 16.4 Å². The maximum absolute atomic E-state index is 12.6. The van der Waals surface area contributed by atoms with E-state index in [1.165, 1.54) is 10.6 Å². The molecule has 1 saturated heterocycles. The Kier molecular flexibility index (Phi) is 5.06. The summed E-state index contributed by atoms with van der Waals surface area (Å²) in [4.78, 5) is 15.0. The number of hydrogen-bond donors (Lipinski definition) is 1. The zero-order chi connectivity index (χ0) is 18.2. The second-order valence-corrected chi connectivity index (χ2v) is 9.00. The van der Waals surface area contributed by atoms with E-state index in [1.54, 1.807) is 12.1 Å². The summed E-state index contributed by atoms with van der Waals surface area (Å²) in [7, 11) is -3.30. The van der Waals surface area contributed by atoms with Crippen molar-refractivity contribution in [2.45, 2.75) is 45.2 Å². The molecule has 138 valence electrons. The molecule has 2 aliphatic rings. The molecule has 1 aromatic rings. The number of benzene rings is 1. The molecule has 0 saturated carbocycles. The van der Waals surface area contributed by atoms with Crippen LogP contribution in [0.5, 0.6) is 0 Å². The molecule has 7 heteroatoms. The van der Waals surface area contributed by atoms with Crippen LogP contribution in [0.15, 0.2) is 18.2 Å². The van der Waals surface area contributed by atoms with Crippen molar-refractivity contribution in [3.8, 4) is 0 Å². The van der Waals surface area contributed by atoms with E-state index in [-0.39, 0.29) is 18.0 Å². The number of carbonyl (C=O) groups excluding carboxylic acids is 1. The molecule has 1 aromatic carbocycles. The van der Waals surface area contributed by atoms with Crippen LogP contribution in [0.25, 0.3) is 0 Å². The van der Waals surface area contributed by atoms with Gasteiger partial charge in [-0.3, -0.25) is 9.10 Å². The normalized spacial score (nSPS) is 22.0. The van der Waals surface area contributed by atoms with Gasteiger partial charge in [0.25, 0.3) is 5.91 Å². The maximum atomic E-state index is 12.6. The van der Waals surface area contributed by atoms with Gasteiger partial charge in [-0.2, -0.15) is 0 Å². The lowest BCUT2D eigenvalue weighted by molar-refractivity contribution is 0.0912. The second-order valence-electron chi connectivity index (χ2n) is 7.14. The van der Waals surface area contributed by atoms with Crippen molar-refractivity contribution < 1.29 is 13.2 Å². The van der Waals surface area contributed by atoms with E-state index >= 15 is 0 Å². The topological polar surface area (TPSA) is 69.7 Å². The van der Waals surface area contributed by atoms with Gasteiger partial charge >= 0.3 is 0 Å². The summed E-state index contributed by atoms with van der Waals surface area (Å²) >= 11 is 0. The molecule has 3 rings (SSSR count). The quantitative estimate of drug-likeness (QED) is 0.880. The minimum Gasteiger partial charge on any atom is -0.349 e. The Morgan fingerprint density at radius 3 is 2.56 bits per heavy atom. The fraction of sp³-hybridized carbons (Fsp3) is 0.611. The van der Waals surface area contributed by atoms with E-state index in [4.69, 9.17) is 0 Å². The molecule has 25 heavy (non-hydrogen) atoms. The number of anilines is 1. The standard InChI is InChI=1S/C18H27N3O3S/c1-4-20-9-7-16(8-10-20)19-18(22)14-5-6-17-15(12-14)11-13(2)21(17)25(3,23)24/h5-6,12-13,16H,4,7-11H2,1-3H3,(H,19,22). The van der Waals surface area contributed by atoms with Gasteiger partial charge in [0.1, 0.15) is 0 Å². The minimum absolute atomic E-state index is 0.0665. The molecule has 0 radical (unpaired) electrons. The van der Waals surface area contributed by atoms with Crippen molar-refractivity contribution in [1.29, 1.82) is 0 Å². The average Bonchev–Trinajstić information content (AvgIpc) is 2.90. The van der Waals surface area contributed by atoms with E-state index in [0.29, 0.717) is 17.7 Å². The first-order chi connectivity index (χ1) is 11.8. The lowest BCUT2D eigenvalue weighted by atomic mass is 10.0. The van der Waals surface area contributed by atoms with E-state index in [0.717, 1.165) is 38.0 Å². The molecule has 0 bridgehead atoms. The number of sulfonamides is 1. The highest BCUT2D eigenvalue weighted by molar-refractivity contribution is 7.92. The van der Waals surface area contributed by atoms with Gasteiger partial charge in [0.2, 0.25) is 10.0 Å². The summed E-state index contributed by atoms with van der Waals surface area (Å²) in [5.74, 6) is -0.0665. The van der Waals surface area contributed by atoms with Crippen LogP contribution < -0.4 is 9.62 Å². The van der Waals surface area contributed by atoms with Crippen LogP contribution in [0.4, 0.5) is 5.69 Å². The first-order valence-electron chi connectivity index (χ1n) is 8.95. The molecule has 1 N–H and O–H groups in total. The van der Waals surface area contributed by atoms with Gasteiger partial charge in [-0.05, 0) is 56.5 Å². The van der Waals surface area contributed by atoms with Crippen LogP contribution in [0.1, 0.15) is 42.6 Å². The van der Waals surface area contributed by atoms with E-state index in [9.17, 15) is 13.2 Å². The number of amides is 1. The number of fused-ring (bicyclic) bond motifs is 1. The number of rotatable bonds is 4. The minimum atomic E-state index is -3.30. The number of piperidine rings is 1.